The van der Waals surface area contributed by atoms with Gasteiger partial charge in [0.05, 0.1) is 12.6 Å². The number of amides is 1. The van der Waals surface area contributed by atoms with E-state index in [9.17, 15) is 4.79 Å². The Labute approximate surface area is 177 Å². The van der Waals surface area contributed by atoms with Crippen LogP contribution in [0.1, 0.15) is 30.2 Å². The van der Waals surface area contributed by atoms with Crippen molar-refractivity contribution in [2.24, 2.45) is 0 Å². The van der Waals surface area contributed by atoms with Gasteiger partial charge in [0.1, 0.15) is 16.5 Å². The number of carbonyl (C=O) groups excluding carboxylic acids is 1. The Morgan fingerprint density at radius 1 is 1.07 bits per heavy atom. The number of aromatic nitrogens is 3. The van der Waals surface area contributed by atoms with Crippen molar-refractivity contribution in [2.45, 2.75) is 26.5 Å². The number of hydrogen-bond acceptors (Lipinski definition) is 7. The van der Waals surface area contributed by atoms with Gasteiger partial charge in [0.25, 0.3) is 5.91 Å². The van der Waals surface area contributed by atoms with Gasteiger partial charge in [-0.2, -0.15) is 4.98 Å². The second-order valence-electron chi connectivity index (χ2n) is 6.79. The second-order valence-corrected chi connectivity index (χ2v) is 7.65. The normalized spacial score (nSPS) is 10.9. The van der Waals surface area contributed by atoms with E-state index < -0.39 is 0 Å². The van der Waals surface area contributed by atoms with E-state index in [0.29, 0.717) is 17.4 Å². The highest BCUT2D eigenvalue weighted by molar-refractivity contribution is 7.13. The Balaban J connectivity index is 1.37. The molecule has 0 fully saturated rings. The lowest BCUT2D eigenvalue weighted by molar-refractivity contribution is 0.0942. The zero-order valence-electron chi connectivity index (χ0n) is 16.5. The Kier molecular flexibility index (Phi) is 5.85. The van der Waals surface area contributed by atoms with Crippen LogP contribution in [0, 0.1) is 0 Å². The summed E-state index contributed by atoms with van der Waals surface area (Å²) in [6.07, 6.45) is 0.119. The lowest BCUT2D eigenvalue weighted by Gasteiger charge is -2.09. The van der Waals surface area contributed by atoms with Crippen LogP contribution in [0.4, 0.5) is 0 Å². The Hall–Kier alpha value is -3.52. The first-order valence-electron chi connectivity index (χ1n) is 9.47. The molecule has 0 aliphatic rings. The zero-order valence-corrected chi connectivity index (χ0v) is 17.3. The van der Waals surface area contributed by atoms with E-state index in [4.69, 9.17) is 9.26 Å². The van der Waals surface area contributed by atoms with Gasteiger partial charge in [-0.25, -0.2) is 4.98 Å². The van der Waals surface area contributed by atoms with Crippen LogP contribution in [0.15, 0.2) is 64.5 Å². The van der Waals surface area contributed by atoms with Crippen molar-refractivity contribution >= 4 is 17.2 Å². The minimum atomic E-state index is -0.295. The number of carbonyl (C=O) groups is 1. The summed E-state index contributed by atoms with van der Waals surface area (Å²) in [5, 5.41) is 9.20. The molecular formula is C22H20N4O3S. The standard InChI is InChI=1S/C22H20N4O3S/c1-14(2)28-17-10-8-16(9-11-17)22-24-18(13-30-22)21(27)23-12-19-25-20(26-29-19)15-6-4-3-5-7-15/h3-11,13-14H,12H2,1-2H3,(H,23,27). The summed E-state index contributed by atoms with van der Waals surface area (Å²) < 4.78 is 10.9. The Morgan fingerprint density at radius 3 is 2.57 bits per heavy atom. The molecule has 8 heteroatoms. The summed E-state index contributed by atoms with van der Waals surface area (Å²) in [5.74, 6) is 1.33. The third kappa shape index (κ3) is 4.72. The molecule has 0 atom stereocenters. The van der Waals surface area contributed by atoms with Crippen molar-refractivity contribution < 1.29 is 14.1 Å². The third-order valence-corrected chi connectivity index (χ3v) is 5.00. The maximum atomic E-state index is 12.4. The molecule has 0 radical (unpaired) electrons. The molecule has 1 N–H and O–H groups in total. The molecule has 0 unspecified atom stereocenters. The highest BCUT2D eigenvalue weighted by Gasteiger charge is 2.14. The molecule has 7 nitrogen and oxygen atoms in total. The summed E-state index contributed by atoms with van der Waals surface area (Å²) in [6.45, 7) is 4.10. The van der Waals surface area contributed by atoms with E-state index >= 15 is 0 Å². The van der Waals surface area contributed by atoms with E-state index in [-0.39, 0.29) is 18.6 Å². The average Bonchev–Trinajstić information content (AvgIpc) is 3.43. The summed E-state index contributed by atoms with van der Waals surface area (Å²) in [5.41, 5.74) is 2.13. The molecule has 0 aliphatic heterocycles. The van der Waals surface area contributed by atoms with Crippen molar-refractivity contribution in [1.29, 1.82) is 0 Å². The molecule has 152 valence electrons. The van der Waals surface area contributed by atoms with Crippen LogP contribution >= 0.6 is 11.3 Å². The van der Waals surface area contributed by atoms with Gasteiger partial charge in [-0.15, -0.1) is 11.3 Å². The van der Waals surface area contributed by atoms with Gasteiger partial charge in [-0.3, -0.25) is 4.79 Å². The molecule has 0 spiro atoms. The summed E-state index contributed by atoms with van der Waals surface area (Å²) in [6, 6.07) is 17.2. The second kappa shape index (κ2) is 8.87. The fourth-order valence-electron chi connectivity index (χ4n) is 2.74. The topological polar surface area (TPSA) is 90.1 Å². The van der Waals surface area contributed by atoms with Gasteiger partial charge >= 0.3 is 0 Å². The molecule has 0 saturated heterocycles. The maximum absolute atomic E-state index is 12.4. The molecule has 4 aromatic rings. The first-order chi connectivity index (χ1) is 14.6. The molecule has 2 aromatic heterocycles. The van der Waals surface area contributed by atoms with E-state index in [1.807, 2.05) is 68.4 Å². The van der Waals surface area contributed by atoms with Gasteiger partial charge in [-0.1, -0.05) is 35.5 Å². The van der Waals surface area contributed by atoms with E-state index in [1.54, 1.807) is 5.38 Å². The zero-order chi connectivity index (χ0) is 20.9. The van der Waals surface area contributed by atoms with Crippen molar-refractivity contribution in [3.8, 4) is 27.7 Å². The molecule has 2 aromatic carbocycles. The monoisotopic (exact) mass is 420 g/mol. The number of nitrogens with zero attached hydrogens (tertiary/aromatic N) is 3. The summed E-state index contributed by atoms with van der Waals surface area (Å²) in [4.78, 5) is 21.2. The number of benzene rings is 2. The van der Waals surface area contributed by atoms with Gasteiger partial charge < -0.3 is 14.6 Å². The highest BCUT2D eigenvalue weighted by atomic mass is 32.1. The summed E-state index contributed by atoms with van der Waals surface area (Å²) in [7, 11) is 0. The fourth-order valence-corrected chi connectivity index (χ4v) is 3.54. The molecular weight excluding hydrogens is 400 g/mol. The Morgan fingerprint density at radius 2 is 1.83 bits per heavy atom. The first-order valence-corrected chi connectivity index (χ1v) is 10.4. The van der Waals surface area contributed by atoms with Crippen molar-refractivity contribution in [3.63, 3.8) is 0 Å². The molecule has 30 heavy (non-hydrogen) atoms. The molecule has 0 saturated carbocycles. The van der Waals surface area contributed by atoms with Gasteiger partial charge in [0, 0.05) is 16.5 Å². The number of rotatable bonds is 7. The van der Waals surface area contributed by atoms with E-state index in [1.165, 1.54) is 11.3 Å². The van der Waals surface area contributed by atoms with Crippen molar-refractivity contribution in [1.82, 2.24) is 20.4 Å². The number of hydrogen-bond donors (Lipinski definition) is 1. The van der Waals surface area contributed by atoms with Crippen molar-refractivity contribution in [3.05, 3.63) is 71.6 Å². The fraction of sp³-hybridized carbons (Fsp3) is 0.182. The van der Waals surface area contributed by atoms with Gasteiger partial charge in [-0.05, 0) is 38.1 Å². The van der Waals surface area contributed by atoms with Crippen LogP contribution in [-0.2, 0) is 6.54 Å². The predicted octanol–water partition coefficient (Wildman–Crippen LogP) is 4.58. The first kappa shape index (κ1) is 19.8. The smallest absolute Gasteiger partial charge is 0.271 e. The van der Waals surface area contributed by atoms with Crippen LogP contribution in [-0.4, -0.2) is 27.1 Å². The minimum Gasteiger partial charge on any atom is -0.491 e. The molecule has 2 heterocycles. The lowest BCUT2D eigenvalue weighted by Crippen LogP contribution is -2.23. The summed E-state index contributed by atoms with van der Waals surface area (Å²) >= 11 is 1.41. The molecule has 0 aliphatic carbocycles. The largest absolute Gasteiger partial charge is 0.491 e. The third-order valence-electron chi connectivity index (χ3n) is 4.11. The van der Waals surface area contributed by atoms with Crippen molar-refractivity contribution in [2.75, 3.05) is 0 Å². The van der Waals surface area contributed by atoms with E-state index in [0.717, 1.165) is 21.9 Å². The number of ether oxygens (including phenoxy) is 1. The minimum absolute atomic E-state index is 0.119. The highest BCUT2D eigenvalue weighted by Crippen LogP contribution is 2.26. The van der Waals surface area contributed by atoms with Crippen LogP contribution in [0.5, 0.6) is 5.75 Å². The van der Waals surface area contributed by atoms with Gasteiger partial charge in [0.15, 0.2) is 0 Å². The van der Waals surface area contributed by atoms with Crippen LogP contribution in [0.2, 0.25) is 0 Å². The molecule has 4 rings (SSSR count). The van der Waals surface area contributed by atoms with Gasteiger partial charge in [0.2, 0.25) is 11.7 Å². The predicted molar refractivity (Wildman–Crippen MR) is 114 cm³/mol. The Bertz CT molecular complexity index is 1120. The van der Waals surface area contributed by atoms with Crippen LogP contribution in [0.3, 0.4) is 0 Å². The lowest BCUT2D eigenvalue weighted by atomic mass is 10.2. The average molecular weight is 420 g/mol. The number of thiazole rings is 1. The quantitative estimate of drug-likeness (QED) is 0.471. The molecule has 1 amide bonds. The maximum Gasteiger partial charge on any atom is 0.271 e. The van der Waals surface area contributed by atoms with Crippen LogP contribution < -0.4 is 10.1 Å². The molecule has 0 bridgehead atoms. The van der Waals surface area contributed by atoms with Crippen LogP contribution in [0.25, 0.3) is 22.0 Å². The SMILES string of the molecule is CC(C)Oc1ccc(-c2nc(C(=O)NCc3nc(-c4ccccc4)no3)cs2)cc1. The van der Waals surface area contributed by atoms with E-state index in [2.05, 4.69) is 20.4 Å². The number of nitrogens with one attached hydrogen (secondary N) is 1.